The SMILES string of the molecule is CCCCc1nn(C(C)C(C)=O)c(N)[n+]1Cc1ccc(-c2ccccc2C#N)cc1. The number of Topliss-reactive ketones (excluding diaryl/α,β-unsaturated/α-hetero) is 1. The Balaban J connectivity index is 1.91. The quantitative estimate of drug-likeness (QED) is 0.580. The number of unbranched alkanes of at least 4 members (excludes halogenated alkanes) is 1. The van der Waals surface area contributed by atoms with Gasteiger partial charge in [-0.2, -0.15) is 5.26 Å². The summed E-state index contributed by atoms with van der Waals surface area (Å²) in [5.74, 6) is 1.41. The Morgan fingerprint density at radius 1 is 1.23 bits per heavy atom. The third-order valence-corrected chi connectivity index (χ3v) is 5.41. The van der Waals surface area contributed by atoms with E-state index in [0.717, 1.165) is 41.8 Å². The number of nitrogens with zero attached hydrogens (tertiary/aromatic N) is 4. The molecule has 1 heterocycles. The second-order valence-electron chi connectivity index (χ2n) is 7.55. The molecule has 0 fully saturated rings. The van der Waals surface area contributed by atoms with Crippen molar-refractivity contribution in [2.24, 2.45) is 0 Å². The van der Waals surface area contributed by atoms with Crippen molar-refractivity contribution in [3.05, 3.63) is 65.5 Å². The Bertz CT molecular complexity index is 1080. The summed E-state index contributed by atoms with van der Waals surface area (Å²) in [5.41, 5.74) is 10.1. The molecule has 154 valence electrons. The monoisotopic (exact) mass is 402 g/mol. The number of carbonyl (C=O) groups excluding carboxylic acids is 1. The molecule has 6 heteroatoms. The van der Waals surface area contributed by atoms with Crippen LogP contribution in [0.2, 0.25) is 0 Å². The molecule has 0 aliphatic carbocycles. The van der Waals surface area contributed by atoms with E-state index < -0.39 is 6.04 Å². The molecule has 2 aromatic carbocycles. The number of carbonyl (C=O) groups is 1. The van der Waals surface area contributed by atoms with Gasteiger partial charge in [0.1, 0.15) is 0 Å². The van der Waals surface area contributed by atoms with E-state index >= 15 is 0 Å². The average Bonchev–Trinajstić information content (AvgIpc) is 3.07. The maximum Gasteiger partial charge on any atom is 0.343 e. The average molecular weight is 403 g/mol. The van der Waals surface area contributed by atoms with Crippen molar-refractivity contribution in [1.82, 2.24) is 9.78 Å². The minimum atomic E-state index is -0.392. The van der Waals surface area contributed by atoms with Crippen LogP contribution in [-0.4, -0.2) is 15.6 Å². The third-order valence-electron chi connectivity index (χ3n) is 5.41. The van der Waals surface area contributed by atoms with Crippen molar-refractivity contribution in [2.45, 2.75) is 52.6 Å². The molecule has 0 spiro atoms. The predicted molar refractivity (Wildman–Crippen MR) is 117 cm³/mol. The van der Waals surface area contributed by atoms with Crippen LogP contribution in [0.3, 0.4) is 0 Å². The zero-order valence-electron chi connectivity index (χ0n) is 17.8. The van der Waals surface area contributed by atoms with Crippen LogP contribution in [0.25, 0.3) is 11.1 Å². The van der Waals surface area contributed by atoms with Gasteiger partial charge in [0.2, 0.25) is 5.82 Å². The Labute approximate surface area is 177 Å². The molecule has 6 nitrogen and oxygen atoms in total. The van der Waals surface area contributed by atoms with Crippen LogP contribution in [0.5, 0.6) is 0 Å². The minimum absolute atomic E-state index is 0.0268. The first-order valence-electron chi connectivity index (χ1n) is 10.3. The van der Waals surface area contributed by atoms with Gasteiger partial charge in [-0.3, -0.25) is 4.79 Å². The van der Waals surface area contributed by atoms with E-state index in [1.807, 2.05) is 60.0 Å². The highest BCUT2D eigenvalue weighted by atomic mass is 16.1. The number of aromatic nitrogens is 3. The number of anilines is 1. The molecule has 3 rings (SSSR count). The summed E-state index contributed by atoms with van der Waals surface area (Å²) < 4.78 is 3.62. The molecule has 0 aliphatic heterocycles. The van der Waals surface area contributed by atoms with E-state index in [2.05, 4.69) is 18.1 Å². The summed E-state index contributed by atoms with van der Waals surface area (Å²) in [6.07, 6.45) is 2.88. The largest absolute Gasteiger partial charge is 0.343 e. The van der Waals surface area contributed by atoms with E-state index in [1.54, 1.807) is 11.6 Å². The molecule has 0 saturated heterocycles. The fourth-order valence-corrected chi connectivity index (χ4v) is 3.44. The second kappa shape index (κ2) is 9.36. The lowest BCUT2D eigenvalue weighted by Gasteiger charge is -2.08. The lowest BCUT2D eigenvalue weighted by Crippen LogP contribution is -2.40. The molecule has 3 aromatic rings. The number of benzene rings is 2. The van der Waals surface area contributed by atoms with Gasteiger partial charge in [-0.05, 0) is 48.1 Å². The van der Waals surface area contributed by atoms with E-state index in [9.17, 15) is 10.1 Å². The Hall–Kier alpha value is -3.46. The second-order valence-corrected chi connectivity index (χ2v) is 7.55. The van der Waals surface area contributed by atoms with Crippen LogP contribution >= 0.6 is 0 Å². The summed E-state index contributed by atoms with van der Waals surface area (Å²) in [5, 5.41) is 14.0. The standard InChI is InChI=1S/C24H27N5O/c1-4-5-10-23-27-29(17(2)18(3)30)24(26)28(23)16-19-11-13-20(14-12-19)22-9-7-6-8-21(22)15-25/h6-9,11-14,17,26H,4-5,10,16H2,1-3H3/p+1. The number of rotatable bonds is 8. The molecule has 1 atom stereocenters. The minimum Gasteiger partial charge on any atom is -0.308 e. The van der Waals surface area contributed by atoms with Gasteiger partial charge in [-0.1, -0.05) is 55.8 Å². The van der Waals surface area contributed by atoms with Crippen LogP contribution < -0.4 is 10.3 Å². The maximum atomic E-state index is 11.9. The Morgan fingerprint density at radius 2 is 1.93 bits per heavy atom. The smallest absolute Gasteiger partial charge is 0.308 e. The van der Waals surface area contributed by atoms with Gasteiger partial charge in [0.25, 0.3) is 0 Å². The predicted octanol–water partition coefficient (Wildman–Crippen LogP) is 3.83. The first-order chi connectivity index (χ1) is 14.5. The van der Waals surface area contributed by atoms with Crippen molar-refractivity contribution in [3.8, 4) is 17.2 Å². The molecule has 1 aromatic heterocycles. The lowest BCUT2D eigenvalue weighted by molar-refractivity contribution is -0.682. The van der Waals surface area contributed by atoms with Crippen LogP contribution in [0.15, 0.2) is 48.5 Å². The molecular weight excluding hydrogens is 374 g/mol. The highest BCUT2D eigenvalue weighted by Crippen LogP contribution is 2.23. The van der Waals surface area contributed by atoms with Crippen molar-refractivity contribution in [3.63, 3.8) is 0 Å². The number of aryl methyl sites for hydroxylation is 1. The fourth-order valence-electron chi connectivity index (χ4n) is 3.44. The molecule has 0 saturated carbocycles. The van der Waals surface area contributed by atoms with Gasteiger partial charge in [0.05, 0.1) is 18.2 Å². The summed E-state index contributed by atoms with van der Waals surface area (Å²) in [6.45, 7) is 6.09. The van der Waals surface area contributed by atoms with Crippen molar-refractivity contribution in [1.29, 1.82) is 5.26 Å². The number of ketones is 1. The molecular formula is C24H28N5O+. The van der Waals surface area contributed by atoms with E-state index in [-0.39, 0.29) is 5.78 Å². The van der Waals surface area contributed by atoms with Gasteiger partial charge in [-0.25, -0.2) is 4.57 Å². The number of nitriles is 1. The molecule has 1 unspecified atom stereocenters. The Kier molecular flexibility index (Phi) is 6.63. The summed E-state index contributed by atoms with van der Waals surface area (Å²) in [4.78, 5) is 11.9. The van der Waals surface area contributed by atoms with Crippen LogP contribution in [-0.2, 0) is 17.8 Å². The first-order valence-corrected chi connectivity index (χ1v) is 10.3. The van der Waals surface area contributed by atoms with E-state index in [4.69, 9.17) is 5.73 Å². The molecule has 2 N–H and O–H groups in total. The van der Waals surface area contributed by atoms with E-state index in [1.165, 1.54) is 0 Å². The lowest BCUT2D eigenvalue weighted by atomic mass is 9.99. The zero-order valence-corrected chi connectivity index (χ0v) is 17.8. The number of nitrogen functional groups attached to an aromatic ring is 1. The fraction of sp³-hybridized carbons (Fsp3) is 0.333. The van der Waals surface area contributed by atoms with Crippen LogP contribution in [0, 0.1) is 11.3 Å². The normalized spacial score (nSPS) is 11.8. The van der Waals surface area contributed by atoms with Gasteiger partial charge in [0, 0.05) is 6.42 Å². The highest BCUT2D eigenvalue weighted by molar-refractivity contribution is 5.79. The van der Waals surface area contributed by atoms with Crippen molar-refractivity contribution < 1.29 is 9.36 Å². The van der Waals surface area contributed by atoms with Crippen LogP contribution in [0.1, 0.15) is 56.6 Å². The van der Waals surface area contributed by atoms with Gasteiger partial charge in [0.15, 0.2) is 11.8 Å². The maximum absolute atomic E-state index is 11.9. The molecule has 0 amide bonds. The molecule has 0 aliphatic rings. The molecule has 30 heavy (non-hydrogen) atoms. The Morgan fingerprint density at radius 3 is 2.57 bits per heavy atom. The highest BCUT2D eigenvalue weighted by Gasteiger charge is 2.27. The number of nitrogens with two attached hydrogens (primary N) is 1. The number of hydrogen-bond acceptors (Lipinski definition) is 4. The third kappa shape index (κ3) is 4.41. The van der Waals surface area contributed by atoms with E-state index in [0.29, 0.717) is 18.1 Å². The van der Waals surface area contributed by atoms with Gasteiger partial charge < -0.3 is 5.73 Å². The zero-order chi connectivity index (χ0) is 21.7. The van der Waals surface area contributed by atoms with Gasteiger partial charge >= 0.3 is 5.95 Å². The number of hydrogen-bond donors (Lipinski definition) is 1. The molecule has 0 bridgehead atoms. The van der Waals surface area contributed by atoms with Crippen molar-refractivity contribution in [2.75, 3.05) is 5.73 Å². The van der Waals surface area contributed by atoms with Crippen molar-refractivity contribution >= 4 is 11.7 Å². The first kappa shape index (κ1) is 21.3. The summed E-state index contributed by atoms with van der Waals surface area (Å²) >= 11 is 0. The summed E-state index contributed by atoms with van der Waals surface area (Å²) in [7, 11) is 0. The molecule has 0 radical (unpaired) electrons. The topological polar surface area (TPSA) is 88.6 Å². The summed E-state index contributed by atoms with van der Waals surface area (Å²) in [6, 6.07) is 17.6. The van der Waals surface area contributed by atoms with Crippen LogP contribution in [0.4, 0.5) is 5.95 Å². The van der Waals surface area contributed by atoms with Gasteiger partial charge in [-0.15, -0.1) is 4.68 Å².